The Kier molecular flexibility index (Phi) is 5.54. The van der Waals surface area contributed by atoms with Gasteiger partial charge in [-0.3, -0.25) is 4.79 Å². The van der Waals surface area contributed by atoms with Gasteiger partial charge in [0, 0.05) is 0 Å². The van der Waals surface area contributed by atoms with Crippen LogP contribution in [0.25, 0.3) is 0 Å². The zero-order chi connectivity index (χ0) is 17.2. The van der Waals surface area contributed by atoms with Crippen molar-refractivity contribution in [3.8, 4) is 0 Å². The molecule has 1 aromatic carbocycles. The molecule has 1 aliphatic carbocycles. The minimum absolute atomic E-state index is 0.0772. The third-order valence-electron chi connectivity index (χ3n) is 6.12. The number of amides is 1. The van der Waals surface area contributed by atoms with Crippen molar-refractivity contribution in [3.05, 3.63) is 34.9 Å². The number of hydrogen-bond donors (Lipinski definition) is 1. The Bertz CT molecular complexity index is 563. The molecule has 2 rings (SSSR count). The van der Waals surface area contributed by atoms with Crippen LogP contribution in [0.15, 0.2) is 18.2 Å². The summed E-state index contributed by atoms with van der Waals surface area (Å²) in [4.78, 5) is 12.5. The molecule has 0 aliphatic heterocycles. The van der Waals surface area contributed by atoms with Crippen molar-refractivity contribution in [1.82, 2.24) is 0 Å². The molecule has 0 aromatic heterocycles. The van der Waals surface area contributed by atoms with Crippen LogP contribution in [-0.4, -0.2) is 5.91 Å². The Labute approximate surface area is 141 Å². The molecular formula is C21H33NO. The lowest BCUT2D eigenvalue weighted by molar-refractivity contribution is -0.137. The molecule has 0 saturated heterocycles. The highest BCUT2D eigenvalue weighted by molar-refractivity contribution is 5.81. The Morgan fingerprint density at radius 2 is 1.96 bits per heavy atom. The fraction of sp³-hybridized carbons (Fsp3) is 0.667. The average molecular weight is 316 g/mol. The van der Waals surface area contributed by atoms with E-state index in [-0.39, 0.29) is 11.3 Å². The van der Waals surface area contributed by atoms with Gasteiger partial charge in [-0.1, -0.05) is 45.4 Å². The highest BCUT2D eigenvalue weighted by Crippen LogP contribution is 2.49. The first kappa shape index (κ1) is 18.0. The van der Waals surface area contributed by atoms with E-state index < -0.39 is 0 Å². The molecule has 0 heterocycles. The van der Waals surface area contributed by atoms with Crippen LogP contribution in [0.4, 0.5) is 0 Å². The molecule has 1 aliphatic rings. The number of rotatable bonds is 5. The number of benzene rings is 1. The van der Waals surface area contributed by atoms with E-state index in [1.807, 2.05) is 0 Å². The number of carbonyl (C=O) groups is 1. The fourth-order valence-corrected chi connectivity index (χ4v) is 4.61. The summed E-state index contributed by atoms with van der Waals surface area (Å²) < 4.78 is 0. The van der Waals surface area contributed by atoms with Crippen molar-refractivity contribution in [3.63, 3.8) is 0 Å². The molecular weight excluding hydrogens is 282 g/mol. The molecule has 1 saturated carbocycles. The third-order valence-corrected chi connectivity index (χ3v) is 6.12. The smallest absolute Gasteiger partial charge is 0.223 e. The standard InChI is InChI=1S/C21H33NO/c1-14(2)19-9-6-15(3)13-21(19,20(22)23)11-10-18-8-7-16(4)17(5)12-18/h7-8,12,14-15,19H,6,9-11,13H2,1-5H3,(H2,22,23). The lowest BCUT2D eigenvalue weighted by atomic mass is 9.57. The molecule has 1 fully saturated rings. The first-order valence-corrected chi connectivity index (χ1v) is 9.12. The molecule has 0 bridgehead atoms. The van der Waals surface area contributed by atoms with Gasteiger partial charge in [-0.25, -0.2) is 0 Å². The normalized spacial score (nSPS) is 28.1. The SMILES string of the molecule is Cc1ccc(CCC2(C(N)=O)CC(C)CCC2C(C)C)cc1C. The monoisotopic (exact) mass is 315 g/mol. The molecule has 2 N–H and O–H groups in total. The van der Waals surface area contributed by atoms with Gasteiger partial charge < -0.3 is 5.73 Å². The van der Waals surface area contributed by atoms with Crippen LogP contribution in [0.1, 0.15) is 63.1 Å². The van der Waals surface area contributed by atoms with Crippen molar-refractivity contribution in [1.29, 1.82) is 0 Å². The molecule has 23 heavy (non-hydrogen) atoms. The quantitative estimate of drug-likeness (QED) is 0.833. The third kappa shape index (κ3) is 3.79. The second kappa shape index (κ2) is 7.07. The van der Waals surface area contributed by atoms with Gasteiger partial charge in [0.05, 0.1) is 5.41 Å². The van der Waals surface area contributed by atoms with E-state index in [1.54, 1.807) is 0 Å². The first-order chi connectivity index (χ1) is 10.8. The largest absolute Gasteiger partial charge is 0.369 e. The van der Waals surface area contributed by atoms with Crippen LogP contribution >= 0.6 is 0 Å². The number of hydrogen-bond acceptors (Lipinski definition) is 1. The highest BCUT2D eigenvalue weighted by Gasteiger charge is 2.48. The van der Waals surface area contributed by atoms with E-state index in [1.165, 1.54) is 23.1 Å². The molecule has 0 spiro atoms. The van der Waals surface area contributed by atoms with Crippen LogP contribution in [0.2, 0.25) is 0 Å². The summed E-state index contributed by atoms with van der Waals surface area (Å²) in [6, 6.07) is 6.65. The van der Waals surface area contributed by atoms with Gasteiger partial charge in [-0.15, -0.1) is 0 Å². The van der Waals surface area contributed by atoms with Gasteiger partial charge in [0.1, 0.15) is 0 Å². The first-order valence-electron chi connectivity index (χ1n) is 9.12. The van der Waals surface area contributed by atoms with Gasteiger partial charge >= 0.3 is 0 Å². The second-order valence-electron chi connectivity index (χ2n) is 8.18. The van der Waals surface area contributed by atoms with Crippen LogP contribution in [0.5, 0.6) is 0 Å². The molecule has 2 nitrogen and oxygen atoms in total. The predicted molar refractivity (Wildman–Crippen MR) is 97.2 cm³/mol. The minimum Gasteiger partial charge on any atom is -0.369 e. The summed E-state index contributed by atoms with van der Waals surface area (Å²) in [6.45, 7) is 11.1. The summed E-state index contributed by atoms with van der Waals surface area (Å²) in [7, 11) is 0. The Morgan fingerprint density at radius 1 is 1.26 bits per heavy atom. The molecule has 1 amide bonds. The zero-order valence-electron chi connectivity index (χ0n) is 15.5. The fourth-order valence-electron chi connectivity index (χ4n) is 4.61. The van der Waals surface area contributed by atoms with Crippen LogP contribution in [0, 0.1) is 37.0 Å². The Morgan fingerprint density at radius 3 is 2.52 bits per heavy atom. The maximum atomic E-state index is 12.5. The molecule has 128 valence electrons. The van der Waals surface area contributed by atoms with E-state index in [0.29, 0.717) is 17.8 Å². The van der Waals surface area contributed by atoms with Crippen LogP contribution in [-0.2, 0) is 11.2 Å². The summed E-state index contributed by atoms with van der Waals surface area (Å²) in [6.07, 6.45) is 5.14. The van der Waals surface area contributed by atoms with E-state index in [0.717, 1.165) is 25.7 Å². The second-order valence-corrected chi connectivity index (χ2v) is 8.18. The van der Waals surface area contributed by atoms with Gasteiger partial charge in [-0.2, -0.15) is 0 Å². The van der Waals surface area contributed by atoms with Crippen molar-refractivity contribution in [2.45, 2.75) is 66.7 Å². The maximum absolute atomic E-state index is 12.5. The average Bonchev–Trinajstić information content (AvgIpc) is 2.48. The molecule has 2 heteroatoms. The summed E-state index contributed by atoms with van der Waals surface area (Å²) >= 11 is 0. The summed E-state index contributed by atoms with van der Waals surface area (Å²) in [5.74, 6) is 1.45. The predicted octanol–water partition coefficient (Wildman–Crippen LogP) is 4.80. The summed E-state index contributed by atoms with van der Waals surface area (Å²) in [5, 5.41) is 0. The Hall–Kier alpha value is -1.31. The highest BCUT2D eigenvalue weighted by atomic mass is 16.1. The Balaban J connectivity index is 2.24. The van der Waals surface area contributed by atoms with E-state index in [4.69, 9.17) is 5.73 Å². The molecule has 3 unspecified atom stereocenters. The summed E-state index contributed by atoms with van der Waals surface area (Å²) in [5.41, 5.74) is 9.62. The van der Waals surface area contributed by atoms with Crippen molar-refractivity contribution < 1.29 is 4.79 Å². The number of aryl methyl sites for hydroxylation is 3. The minimum atomic E-state index is -0.329. The van der Waals surface area contributed by atoms with Crippen LogP contribution in [0.3, 0.4) is 0 Å². The van der Waals surface area contributed by atoms with Crippen molar-refractivity contribution in [2.24, 2.45) is 28.9 Å². The molecule has 3 atom stereocenters. The van der Waals surface area contributed by atoms with E-state index in [2.05, 4.69) is 52.8 Å². The van der Waals surface area contributed by atoms with Crippen molar-refractivity contribution in [2.75, 3.05) is 0 Å². The lowest BCUT2D eigenvalue weighted by Gasteiger charge is -2.46. The van der Waals surface area contributed by atoms with E-state index >= 15 is 0 Å². The maximum Gasteiger partial charge on any atom is 0.223 e. The van der Waals surface area contributed by atoms with Crippen LogP contribution < -0.4 is 5.73 Å². The van der Waals surface area contributed by atoms with E-state index in [9.17, 15) is 4.79 Å². The van der Waals surface area contributed by atoms with Gasteiger partial charge in [0.2, 0.25) is 5.91 Å². The zero-order valence-corrected chi connectivity index (χ0v) is 15.5. The topological polar surface area (TPSA) is 43.1 Å². The molecule has 1 aromatic rings. The number of carbonyl (C=O) groups excluding carboxylic acids is 1. The number of primary amides is 1. The van der Waals surface area contributed by atoms with Gasteiger partial charge in [0.25, 0.3) is 0 Å². The lowest BCUT2D eigenvalue weighted by Crippen LogP contribution is -2.49. The van der Waals surface area contributed by atoms with Gasteiger partial charge in [0.15, 0.2) is 0 Å². The van der Waals surface area contributed by atoms with Crippen molar-refractivity contribution >= 4 is 5.91 Å². The van der Waals surface area contributed by atoms with Gasteiger partial charge in [-0.05, 0) is 74.0 Å². The number of nitrogens with two attached hydrogens (primary N) is 1. The molecule has 0 radical (unpaired) electrons.